The van der Waals surface area contributed by atoms with E-state index in [1.165, 1.54) is 18.7 Å². The second kappa shape index (κ2) is 6.66. The average Bonchev–Trinajstić information content (AvgIpc) is 2.42. The molecule has 0 atom stereocenters. The van der Waals surface area contributed by atoms with Gasteiger partial charge in [-0.05, 0) is 44.0 Å². The van der Waals surface area contributed by atoms with Gasteiger partial charge in [0.25, 0.3) is 0 Å². The lowest BCUT2D eigenvalue weighted by Crippen LogP contribution is -2.39. The number of nitrogens with two attached hydrogens (primary N) is 1. The predicted octanol–water partition coefficient (Wildman–Crippen LogP) is 1.96. The van der Waals surface area contributed by atoms with E-state index in [0.29, 0.717) is 11.7 Å². The van der Waals surface area contributed by atoms with Crippen molar-refractivity contribution in [1.29, 1.82) is 0 Å². The first-order valence-corrected chi connectivity index (χ1v) is 9.37. The summed E-state index contributed by atoms with van der Waals surface area (Å²) in [4.78, 5) is 2.75. The molecule has 1 aromatic rings. The van der Waals surface area contributed by atoms with Gasteiger partial charge >= 0.3 is 0 Å². The van der Waals surface area contributed by atoms with E-state index >= 15 is 0 Å². The van der Waals surface area contributed by atoms with Gasteiger partial charge in [-0.25, -0.2) is 8.42 Å². The summed E-state index contributed by atoms with van der Waals surface area (Å²) >= 11 is 0. The molecule has 0 spiro atoms. The number of rotatable bonds is 5. The molecule has 2 rings (SSSR count). The van der Waals surface area contributed by atoms with Crippen LogP contribution in [0.5, 0.6) is 0 Å². The molecule has 0 bridgehead atoms. The van der Waals surface area contributed by atoms with Crippen LogP contribution in [0.1, 0.15) is 26.2 Å². The Morgan fingerprint density at radius 3 is 2.52 bits per heavy atom. The third-order valence-electron chi connectivity index (χ3n) is 3.94. The minimum Gasteiger partial charge on any atom is -0.397 e. The predicted molar refractivity (Wildman–Crippen MR) is 87.3 cm³/mol. The molecule has 1 aliphatic rings. The van der Waals surface area contributed by atoms with Gasteiger partial charge < -0.3 is 16.0 Å². The molecule has 118 valence electrons. The van der Waals surface area contributed by atoms with Crippen molar-refractivity contribution < 1.29 is 8.42 Å². The van der Waals surface area contributed by atoms with Crippen LogP contribution in [0.15, 0.2) is 23.1 Å². The van der Waals surface area contributed by atoms with E-state index in [1.807, 2.05) is 0 Å². The highest BCUT2D eigenvalue weighted by molar-refractivity contribution is 7.90. The first kappa shape index (κ1) is 16.1. The van der Waals surface area contributed by atoms with E-state index in [0.717, 1.165) is 38.2 Å². The highest BCUT2D eigenvalue weighted by Gasteiger charge is 2.19. The van der Waals surface area contributed by atoms with E-state index < -0.39 is 9.84 Å². The van der Waals surface area contributed by atoms with E-state index in [1.54, 1.807) is 12.1 Å². The van der Waals surface area contributed by atoms with Crippen molar-refractivity contribution in [2.45, 2.75) is 37.1 Å². The first-order chi connectivity index (χ1) is 9.90. The topological polar surface area (TPSA) is 75.4 Å². The van der Waals surface area contributed by atoms with Gasteiger partial charge in [-0.2, -0.15) is 0 Å². The van der Waals surface area contributed by atoms with Crippen LogP contribution in [0.2, 0.25) is 0 Å². The van der Waals surface area contributed by atoms with Gasteiger partial charge in [-0.3, -0.25) is 0 Å². The summed E-state index contributed by atoms with van der Waals surface area (Å²) in [7, 11) is -3.20. The molecule has 0 aliphatic carbocycles. The molecular formula is C15H25N3O2S. The number of nitrogen functional groups attached to an aromatic ring is 1. The van der Waals surface area contributed by atoms with Crippen LogP contribution in [0, 0.1) is 0 Å². The quantitative estimate of drug-likeness (QED) is 0.813. The van der Waals surface area contributed by atoms with Crippen molar-refractivity contribution >= 4 is 21.2 Å². The Hall–Kier alpha value is -1.27. The van der Waals surface area contributed by atoms with Crippen molar-refractivity contribution in [3.05, 3.63) is 18.2 Å². The lowest BCUT2D eigenvalue weighted by Gasteiger charge is -2.32. The van der Waals surface area contributed by atoms with Crippen LogP contribution in [0.4, 0.5) is 11.4 Å². The molecule has 0 aromatic heterocycles. The molecule has 0 saturated carbocycles. The number of sulfone groups is 1. The van der Waals surface area contributed by atoms with Crippen LogP contribution in [-0.4, -0.2) is 45.2 Å². The van der Waals surface area contributed by atoms with Gasteiger partial charge in [0.2, 0.25) is 0 Å². The number of piperidine rings is 1. The van der Waals surface area contributed by atoms with Gasteiger partial charge in [0.15, 0.2) is 9.84 Å². The summed E-state index contributed by atoms with van der Waals surface area (Å²) in [6, 6.07) is 5.32. The summed E-state index contributed by atoms with van der Waals surface area (Å²) in [5, 5.41) is 3.44. The van der Waals surface area contributed by atoms with Crippen LogP contribution in [0.3, 0.4) is 0 Å². The molecule has 0 unspecified atom stereocenters. The highest BCUT2D eigenvalue weighted by atomic mass is 32.2. The number of nitrogens with one attached hydrogen (secondary N) is 1. The van der Waals surface area contributed by atoms with Crippen LogP contribution >= 0.6 is 0 Å². The standard InChI is InChI=1S/C15H25N3O2S/c1-3-8-18-9-6-12(7-10-18)17-15-5-4-13(11-14(15)16)21(2,19)20/h4-5,11-12,17H,3,6-10,16H2,1-2H3. The van der Waals surface area contributed by atoms with E-state index in [9.17, 15) is 8.42 Å². The zero-order valence-corrected chi connectivity index (χ0v) is 13.6. The Morgan fingerprint density at radius 1 is 1.33 bits per heavy atom. The summed E-state index contributed by atoms with van der Waals surface area (Å²) in [6.45, 7) is 5.58. The Labute approximate surface area is 127 Å². The molecule has 1 aromatic carbocycles. The van der Waals surface area contributed by atoms with Crippen molar-refractivity contribution in [2.75, 3.05) is 36.9 Å². The SMILES string of the molecule is CCCN1CCC(Nc2ccc(S(C)(=O)=O)cc2N)CC1. The minimum atomic E-state index is -3.20. The molecule has 1 heterocycles. The second-order valence-corrected chi connectivity index (χ2v) is 7.80. The number of anilines is 2. The van der Waals surface area contributed by atoms with Gasteiger partial charge in [-0.1, -0.05) is 6.92 Å². The molecule has 5 nitrogen and oxygen atoms in total. The van der Waals surface area contributed by atoms with Crippen molar-refractivity contribution in [3.63, 3.8) is 0 Å². The maximum Gasteiger partial charge on any atom is 0.175 e. The Bertz CT molecular complexity index is 579. The molecular weight excluding hydrogens is 286 g/mol. The smallest absolute Gasteiger partial charge is 0.175 e. The summed E-state index contributed by atoms with van der Waals surface area (Å²) < 4.78 is 23.0. The van der Waals surface area contributed by atoms with Gasteiger partial charge in [0.1, 0.15) is 0 Å². The molecule has 3 N–H and O–H groups in total. The number of hydrogen-bond donors (Lipinski definition) is 2. The molecule has 0 amide bonds. The average molecular weight is 311 g/mol. The zero-order chi connectivity index (χ0) is 15.5. The molecule has 21 heavy (non-hydrogen) atoms. The molecule has 1 saturated heterocycles. The highest BCUT2D eigenvalue weighted by Crippen LogP contribution is 2.25. The Balaban J connectivity index is 1.98. The van der Waals surface area contributed by atoms with Gasteiger partial charge in [-0.15, -0.1) is 0 Å². The third-order valence-corrected chi connectivity index (χ3v) is 5.05. The fourth-order valence-electron chi connectivity index (χ4n) is 2.74. The normalized spacial score (nSPS) is 17.8. The summed E-state index contributed by atoms with van der Waals surface area (Å²) in [5.74, 6) is 0. The molecule has 1 aliphatic heterocycles. The van der Waals surface area contributed by atoms with E-state index in [2.05, 4.69) is 17.1 Å². The first-order valence-electron chi connectivity index (χ1n) is 7.48. The number of hydrogen-bond acceptors (Lipinski definition) is 5. The molecule has 6 heteroatoms. The number of likely N-dealkylation sites (tertiary alicyclic amines) is 1. The summed E-state index contributed by atoms with van der Waals surface area (Å²) in [6.07, 6.45) is 4.57. The Kier molecular flexibility index (Phi) is 5.11. The fourth-order valence-corrected chi connectivity index (χ4v) is 3.40. The lowest BCUT2D eigenvalue weighted by molar-refractivity contribution is 0.219. The number of benzene rings is 1. The van der Waals surface area contributed by atoms with Crippen molar-refractivity contribution in [1.82, 2.24) is 4.90 Å². The van der Waals surface area contributed by atoms with Crippen LogP contribution in [0.25, 0.3) is 0 Å². The van der Waals surface area contributed by atoms with Crippen molar-refractivity contribution in [3.8, 4) is 0 Å². The largest absolute Gasteiger partial charge is 0.397 e. The summed E-state index contributed by atoms with van der Waals surface area (Å²) in [5.41, 5.74) is 7.30. The van der Waals surface area contributed by atoms with E-state index in [-0.39, 0.29) is 4.90 Å². The number of nitrogens with zero attached hydrogens (tertiary/aromatic N) is 1. The maximum atomic E-state index is 11.5. The third kappa shape index (κ3) is 4.35. The molecule has 1 fully saturated rings. The monoisotopic (exact) mass is 311 g/mol. The molecule has 0 radical (unpaired) electrons. The van der Waals surface area contributed by atoms with Gasteiger partial charge in [0.05, 0.1) is 16.3 Å². The van der Waals surface area contributed by atoms with Gasteiger partial charge in [0, 0.05) is 25.4 Å². The van der Waals surface area contributed by atoms with Crippen LogP contribution < -0.4 is 11.1 Å². The van der Waals surface area contributed by atoms with E-state index in [4.69, 9.17) is 5.73 Å². The van der Waals surface area contributed by atoms with Crippen LogP contribution in [-0.2, 0) is 9.84 Å². The fraction of sp³-hybridized carbons (Fsp3) is 0.600. The lowest BCUT2D eigenvalue weighted by atomic mass is 10.0. The second-order valence-electron chi connectivity index (χ2n) is 5.78. The Morgan fingerprint density at radius 2 is 2.00 bits per heavy atom. The maximum absolute atomic E-state index is 11.5. The zero-order valence-electron chi connectivity index (χ0n) is 12.8. The van der Waals surface area contributed by atoms with Crippen molar-refractivity contribution in [2.24, 2.45) is 0 Å². The minimum absolute atomic E-state index is 0.267.